The van der Waals surface area contributed by atoms with E-state index in [4.69, 9.17) is 5.26 Å². The molecule has 0 radical (unpaired) electrons. The Labute approximate surface area is 169 Å². The molecule has 0 saturated carbocycles. The van der Waals surface area contributed by atoms with Gasteiger partial charge >= 0.3 is 6.18 Å². The van der Waals surface area contributed by atoms with Crippen molar-refractivity contribution in [3.63, 3.8) is 0 Å². The van der Waals surface area contributed by atoms with Crippen LogP contribution in [0.25, 0.3) is 11.3 Å². The zero-order chi connectivity index (χ0) is 21.3. The van der Waals surface area contributed by atoms with Crippen LogP contribution in [0.1, 0.15) is 46.3 Å². The van der Waals surface area contributed by atoms with E-state index < -0.39 is 11.9 Å². The fourth-order valence-electron chi connectivity index (χ4n) is 3.39. The summed E-state index contributed by atoms with van der Waals surface area (Å²) in [5, 5.41) is 16.3. The van der Waals surface area contributed by atoms with Crippen LogP contribution < -0.4 is 5.32 Å². The standard InChI is InChI=1S/C20H15F3N6O/c21-20(22,23)18-9-12(3-6-26-18)16-10-17-15(2-1-7-29(17)28-16)27-19(30)13-4-5-25-14(8-13)11-24/h3-6,8-10,15H,1-2,7H2,(H,27,30). The SMILES string of the molecule is N#Cc1cc(C(=O)NC2CCCn3nc(-c4ccnc(C(F)(F)F)c4)cc32)ccn1. The molecule has 30 heavy (non-hydrogen) atoms. The Balaban J connectivity index is 1.60. The van der Waals surface area contributed by atoms with Crippen LogP contribution in [0, 0.1) is 11.3 Å². The summed E-state index contributed by atoms with van der Waals surface area (Å²) in [5.41, 5.74) is 0.859. The maximum atomic E-state index is 13.0. The average Bonchev–Trinajstić information content (AvgIpc) is 3.19. The number of nitrogens with one attached hydrogen (secondary N) is 1. The molecule has 3 aromatic rings. The highest BCUT2D eigenvalue weighted by atomic mass is 19.4. The first-order valence-electron chi connectivity index (χ1n) is 9.13. The largest absolute Gasteiger partial charge is 0.433 e. The summed E-state index contributed by atoms with van der Waals surface area (Å²) in [6.45, 7) is 0.604. The van der Waals surface area contributed by atoms with Crippen LogP contribution in [0.2, 0.25) is 0 Å². The van der Waals surface area contributed by atoms with E-state index in [9.17, 15) is 18.0 Å². The molecule has 0 saturated heterocycles. The van der Waals surface area contributed by atoms with Crippen LogP contribution in [0.4, 0.5) is 13.2 Å². The van der Waals surface area contributed by atoms with Crippen molar-refractivity contribution in [1.29, 1.82) is 5.26 Å². The number of hydrogen-bond donors (Lipinski definition) is 1. The lowest BCUT2D eigenvalue weighted by Crippen LogP contribution is -2.32. The first-order chi connectivity index (χ1) is 14.3. The summed E-state index contributed by atoms with van der Waals surface area (Å²) in [5.74, 6) is -0.363. The van der Waals surface area contributed by atoms with Crippen LogP contribution in [0.3, 0.4) is 0 Å². The highest BCUT2D eigenvalue weighted by molar-refractivity contribution is 5.94. The molecule has 152 valence electrons. The minimum Gasteiger partial charge on any atom is -0.344 e. The van der Waals surface area contributed by atoms with Crippen molar-refractivity contribution < 1.29 is 18.0 Å². The molecule has 0 fully saturated rings. The molecule has 1 unspecified atom stereocenters. The smallest absolute Gasteiger partial charge is 0.344 e. The maximum Gasteiger partial charge on any atom is 0.433 e. The number of aromatic nitrogens is 4. The monoisotopic (exact) mass is 412 g/mol. The minimum absolute atomic E-state index is 0.136. The molecule has 4 rings (SSSR count). The number of aryl methyl sites for hydroxylation is 1. The molecule has 0 aromatic carbocycles. The molecule has 10 heteroatoms. The number of hydrogen-bond acceptors (Lipinski definition) is 5. The molecule has 0 bridgehead atoms. The molecular weight excluding hydrogens is 397 g/mol. The van der Waals surface area contributed by atoms with Gasteiger partial charge in [0.05, 0.1) is 17.4 Å². The van der Waals surface area contributed by atoms with Crippen molar-refractivity contribution >= 4 is 5.91 Å². The van der Waals surface area contributed by atoms with Gasteiger partial charge in [-0.25, -0.2) is 4.98 Å². The van der Waals surface area contributed by atoms with E-state index in [0.717, 1.165) is 18.7 Å². The Bertz CT molecular complexity index is 1150. The molecule has 0 aliphatic carbocycles. The first-order valence-corrected chi connectivity index (χ1v) is 9.13. The Morgan fingerprint density at radius 3 is 2.77 bits per heavy atom. The van der Waals surface area contributed by atoms with Gasteiger partial charge in [-0.3, -0.25) is 14.5 Å². The van der Waals surface area contributed by atoms with E-state index in [1.807, 2.05) is 6.07 Å². The van der Waals surface area contributed by atoms with Crippen molar-refractivity contribution in [3.05, 3.63) is 65.4 Å². The normalized spacial score (nSPS) is 15.9. The van der Waals surface area contributed by atoms with Crippen LogP contribution in [0.15, 0.2) is 42.7 Å². The van der Waals surface area contributed by atoms with Gasteiger partial charge in [0.25, 0.3) is 5.91 Å². The Morgan fingerprint density at radius 1 is 1.20 bits per heavy atom. The van der Waals surface area contributed by atoms with Gasteiger partial charge < -0.3 is 5.32 Å². The van der Waals surface area contributed by atoms with Crippen LogP contribution in [-0.2, 0) is 12.7 Å². The lowest BCUT2D eigenvalue weighted by molar-refractivity contribution is -0.141. The Morgan fingerprint density at radius 2 is 2.00 bits per heavy atom. The predicted molar refractivity (Wildman–Crippen MR) is 98.9 cm³/mol. The molecule has 1 atom stereocenters. The quantitative estimate of drug-likeness (QED) is 0.710. The minimum atomic E-state index is -4.54. The molecule has 7 nitrogen and oxygen atoms in total. The second-order valence-corrected chi connectivity index (χ2v) is 6.81. The van der Waals surface area contributed by atoms with Gasteiger partial charge in [-0.15, -0.1) is 0 Å². The van der Waals surface area contributed by atoms with E-state index in [-0.39, 0.29) is 17.6 Å². The lowest BCUT2D eigenvalue weighted by atomic mass is 10.0. The summed E-state index contributed by atoms with van der Waals surface area (Å²) < 4.78 is 40.6. The van der Waals surface area contributed by atoms with Gasteiger partial charge in [0.15, 0.2) is 0 Å². The number of amides is 1. The van der Waals surface area contributed by atoms with E-state index in [1.165, 1.54) is 24.4 Å². The Kier molecular flexibility index (Phi) is 4.95. The van der Waals surface area contributed by atoms with Gasteiger partial charge in [-0.2, -0.15) is 23.5 Å². The number of rotatable bonds is 3. The number of nitrogens with zero attached hydrogens (tertiary/aromatic N) is 5. The van der Waals surface area contributed by atoms with Gasteiger partial charge in [0.2, 0.25) is 0 Å². The molecule has 4 heterocycles. The third-order valence-corrected chi connectivity index (χ3v) is 4.82. The number of carbonyl (C=O) groups is 1. The van der Waals surface area contributed by atoms with E-state index >= 15 is 0 Å². The number of alkyl halides is 3. The third-order valence-electron chi connectivity index (χ3n) is 4.82. The molecule has 1 N–H and O–H groups in total. The summed E-state index contributed by atoms with van der Waals surface area (Å²) >= 11 is 0. The molecular formula is C20H15F3N6O. The zero-order valence-corrected chi connectivity index (χ0v) is 15.5. The van der Waals surface area contributed by atoms with E-state index in [2.05, 4.69) is 20.4 Å². The maximum absolute atomic E-state index is 13.0. The highest BCUT2D eigenvalue weighted by Crippen LogP contribution is 2.32. The second-order valence-electron chi connectivity index (χ2n) is 6.81. The molecule has 0 spiro atoms. The first kappa shape index (κ1) is 19.6. The number of fused-ring (bicyclic) bond motifs is 1. The number of pyridine rings is 2. The second kappa shape index (κ2) is 7.59. The summed E-state index contributed by atoms with van der Waals surface area (Å²) in [6, 6.07) is 8.56. The van der Waals surface area contributed by atoms with Crippen molar-refractivity contribution in [2.75, 3.05) is 0 Å². The van der Waals surface area contributed by atoms with Gasteiger partial charge in [0.1, 0.15) is 17.5 Å². The van der Waals surface area contributed by atoms with Crippen molar-refractivity contribution in [2.45, 2.75) is 31.6 Å². The zero-order valence-electron chi connectivity index (χ0n) is 15.5. The predicted octanol–water partition coefficient (Wildman–Crippen LogP) is 3.50. The summed E-state index contributed by atoms with van der Waals surface area (Å²) in [7, 11) is 0. The molecule has 3 aromatic heterocycles. The fraction of sp³-hybridized carbons (Fsp3) is 0.250. The van der Waals surface area contributed by atoms with Crippen LogP contribution in [-0.4, -0.2) is 25.7 Å². The van der Waals surface area contributed by atoms with Crippen LogP contribution >= 0.6 is 0 Å². The van der Waals surface area contributed by atoms with Crippen molar-refractivity contribution in [1.82, 2.24) is 25.1 Å². The van der Waals surface area contributed by atoms with Crippen molar-refractivity contribution in [3.8, 4) is 17.3 Å². The third kappa shape index (κ3) is 3.87. The number of nitriles is 1. The van der Waals surface area contributed by atoms with Gasteiger partial charge in [-0.1, -0.05) is 0 Å². The lowest BCUT2D eigenvalue weighted by Gasteiger charge is -2.24. The highest BCUT2D eigenvalue weighted by Gasteiger charge is 2.33. The van der Waals surface area contributed by atoms with Gasteiger partial charge in [-0.05, 0) is 43.2 Å². The summed E-state index contributed by atoms with van der Waals surface area (Å²) in [4.78, 5) is 19.8. The van der Waals surface area contributed by atoms with Gasteiger partial charge in [0, 0.05) is 30.1 Å². The topological polar surface area (TPSA) is 96.5 Å². The molecule has 1 aliphatic rings. The summed E-state index contributed by atoms with van der Waals surface area (Å²) in [6.07, 6.45) is -0.636. The van der Waals surface area contributed by atoms with Crippen molar-refractivity contribution in [2.24, 2.45) is 0 Å². The molecule has 1 aliphatic heterocycles. The van der Waals surface area contributed by atoms with E-state index in [0.29, 0.717) is 35.5 Å². The average molecular weight is 412 g/mol. The Hall–Kier alpha value is -3.74. The van der Waals surface area contributed by atoms with E-state index in [1.54, 1.807) is 10.7 Å². The van der Waals surface area contributed by atoms with Crippen LogP contribution in [0.5, 0.6) is 0 Å². The number of carbonyl (C=O) groups excluding carboxylic acids is 1. The fourth-order valence-corrected chi connectivity index (χ4v) is 3.39. The number of halogens is 3. The molecule has 1 amide bonds.